The van der Waals surface area contributed by atoms with Gasteiger partial charge in [0.1, 0.15) is 24.5 Å². The normalized spacial score (nSPS) is 14.7. The number of piperidine rings is 1. The van der Waals surface area contributed by atoms with Crippen LogP contribution >= 0.6 is 0 Å². The summed E-state index contributed by atoms with van der Waals surface area (Å²) in [6.07, 6.45) is -3.55. The van der Waals surface area contributed by atoms with Crippen molar-refractivity contribution in [3.63, 3.8) is 0 Å². The summed E-state index contributed by atoms with van der Waals surface area (Å²) in [5.74, 6) is -0.709. The lowest BCUT2D eigenvalue weighted by atomic mass is 9.97. The monoisotopic (exact) mass is 528 g/mol. The number of ether oxygens (including phenoxy) is 1. The number of carbonyl (C=O) groups is 1. The Morgan fingerprint density at radius 2 is 1.74 bits per heavy atom. The van der Waals surface area contributed by atoms with Crippen molar-refractivity contribution in [2.45, 2.75) is 19.0 Å². The van der Waals surface area contributed by atoms with Crippen LogP contribution in [0.2, 0.25) is 0 Å². The molecule has 0 radical (unpaired) electrons. The smallest absolute Gasteiger partial charge is 0.417 e. The number of hydrogen-bond donors (Lipinski definition) is 1. The SMILES string of the molecule is O=C(O)C1CCN(c2ccc3oc(-c4ccc(-c5ccc(OCCF)cc5)c(C(F)(F)F)c4)nc3c2)CC1. The predicted octanol–water partition coefficient (Wildman–Crippen LogP) is 6.83. The summed E-state index contributed by atoms with van der Waals surface area (Å²) in [6, 6.07) is 15.3. The van der Waals surface area contributed by atoms with Crippen molar-refractivity contribution >= 4 is 22.8 Å². The fraction of sp³-hybridized carbons (Fsp3) is 0.286. The molecule has 0 aliphatic carbocycles. The summed E-state index contributed by atoms with van der Waals surface area (Å²) < 4.78 is 65.4. The Labute approximate surface area is 215 Å². The number of benzene rings is 3. The van der Waals surface area contributed by atoms with E-state index < -0.39 is 24.4 Å². The van der Waals surface area contributed by atoms with Gasteiger partial charge in [0.2, 0.25) is 5.89 Å². The molecule has 3 aromatic carbocycles. The number of aromatic nitrogens is 1. The van der Waals surface area contributed by atoms with Crippen LogP contribution in [-0.2, 0) is 11.0 Å². The average molecular weight is 529 g/mol. The molecule has 4 aromatic rings. The van der Waals surface area contributed by atoms with Crippen LogP contribution in [0.4, 0.5) is 23.2 Å². The van der Waals surface area contributed by atoms with E-state index in [0.717, 1.165) is 11.8 Å². The first-order valence-corrected chi connectivity index (χ1v) is 12.1. The summed E-state index contributed by atoms with van der Waals surface area (Å²) in [4.78, 5) is 17.7. The van der Waals surface area contributed by atoms with E-state index in [2.05, 4.69) is 9.88 Å². The zero-order valence-corrected chi connectivity index (χ0v) is 20.2. The topological polar surface area (TPSA) is 75.8 Å². The van der Waals surface area contributed by atoms with E-state index in [1.54, 1.807) is 12.1 Å². The molecule has 1 fully saturated rings. The number of rotatable bonds is 7. The summed E-state index contributed by atoms with van der Waals surface area (Å²) in [5, 5.41) is 9.21. The Morgan fingerprint density at radius 3 is 2.39 bits per heavy atom. The van der Waals surface area contributed by atoms with Crippen LogP contribution in [0.1, 0.15) is 18.4 Å². The highest BCUT2D eigenvalue weighted by atomic mass is 19.4. The van der Waals surface area contributed by atoms with Crippen LogP contribution in [0, 0.1) is 5.92 Å². The van der Waals surface area contributed by atoms with Gasteiger partial charge in [0, 0.05) is 24.3 Å². The fourth-order valence-corrected chi connectivity index (χ4v) is 4.67. The minimum atomic E-state index is -4.63. The number of anilines is 1. The molecule has 10 heteroatoms. The quantitative estimate of drug-likeness (QED) is 0.265. The second-order valence-electron chi connectivity index (χ2n) is 9.09. The van der Waals surface area contributed by atoms with Crippen molar-refractivity contribution in [2.75, 3.05) is 31.3 Å². The van der Waals surface area contributed by atoms with Gasteiger partial charge in [-0.3, -0.25) is 4.79 Å². The van der Waals surface area contributed by atoms with Crippen LogP contribution in [0.25, 0.3) is 33.7 Å². The number of oxazole rings is 1. The molecule has 1 aliphatic rings. The summed E-state index contributed by atoms with van der Waals surface area (Å²) in [5.41, 5.74) is 1.46. The van der Waals surface area contributed by atoms with E-state index >= 15 is 0 Å². The molecule has 0 amide bonds. The molecule has 1 aromatic heterocycles. The van der Waals surface area contributed by atoms with Gasteiger partial charge < -0.3 is 19.2 Å². The van der Waals surface area contributed by atoms with Gasteiger partial charge >= 0.3 is 12.1 Å². The molecule has 6 nitrogen and oxygen atoms in total. The number of carboxylic acids is 1. The lowest BCUT2D eigenvalue weighted by Crippen LogP contribution is -2.36. The van der Waals surface area contributed by atoms with E-state index in [1.807, 2.05) is 6.07 Å². The van der Waals surface area contributed by atoms with Gasteiger partial charge in [0.05, 0.1) is 11.5 Å². The van der Waals surface area contributed by atoms with Gasteiger partial charge in [-0.05, 0) is 66.4 Å². The lowest BCUT2D eigenvalue weighted by Gasteiger charge is -2.31. The Morgan fingerprint density at radius 1 is 1.03 bits per heavy atom. The largest absolute Gasteiger partial charge is 0.491 e. The molecule has 0 saturated carbocycles. The first kappa shape index (κ1) is 25.6. The maximum Gasteiger partial charge on any atom is 0.417 e. The zero-order valence-electron chi connectivity index (χ0n) is 20.2. The third-order valence-corrected chi connectivity index (χ3v) is 6.66. The molecule has 0 spiro atoms. The molecule has 1 saturated heterocycles. The summed E-state index contributed by atoms with van der Waals surface area (Å²) in [7, 11) is 0. The maximum absolute atomic E-state index is 14.1. The fourth-order valence-electron chi connectivity index (χ4n) is 4.67. The van der Waals surface area contributed by atoms with Crippen molar-refractivity contribution in [1.82, 2.24) is 4.98 Å². The van der Waals surface area contributed by atoms with Gasteiger partial charge in [-0.15, -0.1) is 0 Å². The zero-order chi connectivity index (χ0) is 26.9. The standard InChI is InChI=1S/C28H24F4N2O4/c29-11-14-37-21-5-1-17(2-6-21)22-7-3-19(15-23(22)28(30,31)32)26-33-24-16-20(4-8-25(24)38-26)34-12-9-18(10-13-34)27(35)36/h1-8,15-16,18H,9-14H2,(H,35,36). The average Bonchev–Trinajstić information content (AvgIpc) is 3.35. The van der Waals surface area contributed by atoms with Crippen LogP contribution in [0.3, 0.4) is 0 Å². The number of hydrogen-bond acceptors (Lipinski definition) is 5. The number of aliphatic carboxylic acids is 1. The Balaban J connectivity index is 1.43. The van der Waals surface area contributed by atoms with Crippen LogP contribution in [0.5, 0.6) is 5.75 Å². The number of halogens is 4. The number of carboxylic acid groups (broad SMARTS) is 1. The van der Waals surface area contributed by atoms with Crippen LogP contribution < -0.4 is 9.64 Å². The van der Waals surface area contributed by atoms with E-state index in [1.165, 1.54) is 36.4 Å². The second kappa shape index (κ2) is 10.4. The van der Waals surface area contributed by atoms with E-state index in [0.29, 0.717) is 48.3 Å². The van der Waals surface area contributed by atoms with E-state index in [-0.39, 0.29) is 29.5 Å². The highest BCUT2D eigenvalue weighted by Crippen LogP contribution is 2.40. The van der Waals surface area contributed by atoms with Crippen molar-refractivity contribution in [1.29, 1.82) is 0 Å². The number of nitrogens with zero attached hydrogens (tertiary/aromatic N) is 2. The van der Waals surface area contributed by atoms with Crippen molar-refractivity contribution in [3.05, 3.63) is 66.2 Å². The van der Waals surface area contributed by atoms with Gasteiger partial charge in [-0.1, -0.05) is 18.2 Å². The third-order valence-electron chi connectivity index (χ3n) is 6.66. The van der Waals surface area contributed by atoms with Crippen molar-refractivity contribution in [2.24, 2.45) is 5.92 Å². The van der Waals surface area contributed by atoms with Gasteiger partial charge in [0.15, 0.2) is 5.58 Å². The minimum absolute atomic E-state index is 0.0125. The highest BCUT2D eigenvalue weighted by Gasteiger charge is 2.34. The summed E-state index contributed by atoms with van der Waals surface area (Å²) >= 11 is 0. The van der Waals surface area contributed by atoms with Gasteiger partial charge in [-0.2, -0.15) is 13.2 Å². The van der Waals surface area contributed by atoms with Crippen molar-refractivity contribution < 1.29 is 36.6 Å². The molecule has 1 N–H and O–H groups in total. The number of alkyl halides is 4. The van der Waals surface area contributed by atoms with Gasteiger partial charge in [0.25, 0.3) is 0 Å². The second-order valence-corrected chi connectivity index (χ2v) is 9.09. The molecule has 0 unspecified atom stereocenters. The summed E-state index contributed by atoms with van der Waals surface area (Å²) in [6.45, 7) is 0.389. The third kappa shape index (κ3) is 5.29. The molecule has 5 rings (SSSR count). The van der Waals surface area contributed by atoms with Crippen molar-refractivity contribution in [3.8, 4) is 28.3 Å². The molecule has 38 heavy (non-hydrogen) atoms. The Hall–Kier alpha value is -4.08. The lowest BCUT2D eigenvalue weighted by molar-refractivity contribution is -0.142. The van der Waals surface area contributed by atoms with Crippen LogP contribution in [0.15, 0.2) is 65.1 Å². The molecular formula is C28H24F4N2O4. The van der Waals surface area contributed by atoms with E-state index in [4.69, 9.17) is 9.15 Å². The molecule has 1 aliphatic heterocycles. The minimum Gasteiger partial charge on any atom is -0.491 e. The maximum atomic E-state index is 14.1. The molecule has 2 heterocycles. The van der Waals surface area contributed by atoms with Crippen LogP contribution in [-0.4, -0.2) is 42.4 Å². The molecular weight excluding hydrogens is 504 g/mol. The van der Waals surface area contributed by atoms with E-state index in [9.17, 15) is 27.5 Å². The highest BCUT2D eigenvalue weighted by molar-refractivity contribution is 5.81. The Bertz CT molecular complexity index is 1440. The molecule has 0 bridgehead atoms. The number of fused-ring (bicyclic) bond motifs is 1. The predicted molar refractivity (Wildman–Crippen MR) is 134 cm³/mol. The molecule has 198 valence electrons. The first-order valence-electron chi connectivity index (χ1n) is 12.1. The molecule has 0 atom stereocenters. The first-order chi connectivity index (χ1) is 18.2. The van der Waals surface area contributed by atoms with Gasteiger partial charge in [-0.25, -0.2) is 9.37 Å². The Kier molecular flexibility index (Phi) is 6.96.